The first-order chi connectivity index (χ1) is 6.61. The number of nitro groups is 1. The van der Waals surface area contributed by atoms with E-state index in [4.69, 9.17) is 15.2 Å². The molecule has 0 aliphatic rings. The third-order valence-corrected chi connectivity index (χ3v) is 1.76. The van der Waals surface area contributed by atoms with Gasteiger partial charge in [-0.05, 0) is 6.07 Å². The van der Waals surface area contributed by atoms with Gasteiger partial charge < -0.3 is 15.2 Å². The van der Waals surface area contributed by atoms with Crippen molar-refractivity contribution in [1.82, 2.24) is 0 Å². The molecule has 0 saturated heterocycles. The van der Waals surface area contributed by atoms with Crippen molar-refractivity contribution in [2.45, 2.75) is 0 Å². The van der Waals surface area contributed by atoms with E-state index in [1.165, 1.54) is 26.4 Å². The Morgan fingerprint density at radius 3 is 2.43 bits per heavy atom. The van der Waals surface area contributed by atoms with Crippen LogP contribution in [0.4, 0.5) is 11.4 Å². The number of nitro benzene ring substituents is 1. The lowest BCUT2D eigenvalue weighted by Gasteiger charge is -2.09. The number of nitrogens with zero attached hydrogens (tertiary/aromatic N) is 1. The lowest BCUT2D eigenvalue weighted by Crippen LogP contribution is -2.00. The zero-order valence-corrected chi connectivity index (χ0v) is 7.81. The van der Waals surface area contributed by atoms with Crippen LogP contribution in [0.25, 0.3) is 0 Å². The molecule has 0 amide bonds. The van der Waals surface area contributed by atoms with Crippen LogP contribution in [-0.4, -0.2) is 19.1 Å². The van der Waals surface area contributed by atoms with Crippen LogP contribution in [0.5, 0.6) is 11.5 Å². The van der Waals surface area contributed by atoms with Crippen molar-refractivity contribution < 1.29 is 14.4 Å². The third-order valence-electron chi connectivity index (χ3n) is 1.76. The summed E-state index contributed by atoms with van der Waals surface area (Å²) in [5.74, 6) is 0.553. The highest BCUT2D eigenvalue weighted by molar-refractivity contribution is 5.71. The maximum atomic E-state index is 10.5. The van der Waals surface area contributed by atoms with Crippen LogP contribution in [0, 0.1) is 10.1 Å². The lowest BCUT2D eigenvalue weighted by molar-refractivity contribution is -0.384. The first-order valence-electron chi connectivity index (χ1n) is 3.76. The number of benzene rings is 1. The molecule has 6 heteroatoms. The minimum absolute atomic E-state index is 0.0307. The Kier molecular flexibility index (Phi) is 2.76. The Balaban J connectivity index is 3.34. The fourth-order valence-electron chi connectivity index (χ4n) is 1.10. The fourth-order valence-corrected chi connectivity index (χ4v) is 1.10. The maximum Gasteiger partial charge on any atom is 0.296 e. The summed E-state index contributed by atoms with van der Waals surface area (Å²) in [6.45, 7) is 0. The van der Waals surface area contributed by atoms with Gasteiger partial charge in [-0.3, -0.25) is 10.1 Å². The highest BCUT2D eigenvalue weighted by Crippen LogP contribution is 2.39. The molecule has 14 heavy (non-hydrogen) atoms. The molecule has 0 aromatic heterocycles. The predicted molar refractivity (Wildman–Crippen MR) is 50.6 cm³/mol. The fraction of sp³-hybridized carbons (Fsp3) is 0.250. The standard InChI is InChI=1S/C8H10N2O4/c1-13-6-4-3-5(10(11)12)7(9)8(6)14-2/h3-4H,9H2,1-2H3. The van der Waals surface area contributed by atoms with Gasteiger partial charge in [0, 0.05) is 6.07 Å². The van der Waals surface area contributed by atoms with Gasteiger partial charge in [-0.2, -0.15) is 0 Å². The van der Waals surface area contributed by atoms with Gasteiger partial charge in [-0.25, -0.2) is 0 Å². The van der Waals surface area contributed by atoms with E-state index in [0.29, 0.717) is 5.75 Å². The normalized spacial score (nSPS) is 9.57. The van der Waals surface area contributed by atoms with Crippen molar-refractivity contribution in [2.24, 2.45) is 0 Å². The predicted octanol–water partition coefficient (Wildman–Crippen LogP) is 1.19. The van der Waals surface area contributed by atoms with Crippen LogP contribution >= 0.6 is 0 Å². The van der Waals surface area contributed by atoms with E-state index < -0.39 is 4.92 Å². The minimum atomic E-state index is -0.572. The van der Waals surface area contributed by atoms with Gasteiger partial charge in [-0.15, -0.1) is 0 Å². The average molecular weight is 198 g/mol. The molecule has 1 rings (SSSR count). The van der Waals surface area contributed by atoms with Crippen molar-refractivity contribution in [1.29, 1.82) is 0 Å². The number of hydrogen-bond donors (Lipinski definition) is 1. The van der Waals surface area contributed by atoms with Crippen molar-refractivity contribution in [3.8, 4) is 11.5 Å². The van der Waals surface area contributed by atoms with Crippen molar-refractivity contribution in [3.05, 3.63) is 22.2 Å². The van der Waals surface area contributed by atoms with E-state index >= 15 is 0 Å². The van der Waals surface area contributed by atoms with E-state index in [2.05, 4.69) is 0 Å². The van der Waals surface area contributed by atoms with E-state index in [-0.39, 0.29) is 17.1 Å². The summed E-state index contributed by atoms with van der Waals surface area (Å²) in [4.78, 5) is 9.95. The first-order valence-corrected chi connectivity index (χ1v) is 3.76. The van der Waals surface area contributed by atoms with Crippen LogP contribution in [0.15, 0.2) is 12.1 Å². The van der Waals surface area contributed by atoms with Gasteiger partial charge in [0.2, 0.25) is 0 Å². The summed E-state index contributed by atoms with van der Waals surface area (Å²) in [5.41, 5.74) is 5.30. The number of ether oxygens (including phenoxy) is 2. The van der Waals surface area contributed by atoms with Gasteiger partial charge in [-0.1, -0.05) is 0 Å². The van der Waals surface area contributed by atoms with Gasteiger partial charge in [0.05, 0.1) is 19.1 Å². The molecule has 0 heterocycles. The molecule has 0 unspecified atom stereocenters. The molecule has 0 bridgehead atoms. The van der Waals surface area contributed by atoms with E-state index in [9.17, 15) is 10.1 Å². The van der Waals surface area contributed by atoms with Crippen LogP contribution in [0.3, 0.4) is 0 Å². The van der Waals surface area contributed by atoms with E-state index in [0.717, 1.165) is 0 Å². The number of anilines is 1. The summed E-state index contributed by atoms with van der Waals surface area (Å²) >= 11 is 0. The molecule has 0 spiro atoms. The van der Waals surface area contributed by atoms with Crippen molar-refractivity contribution in [2.75, 3.05) is 20.0 Å². The summed E-state index contributed by atoms with van der Waals surface area (Å²) in [7, 11) is 2.81. The average Bonchev–Trinajstić information content (AvgIpc) is 2.16. The highest BCUT2D eigenvalue weighted by Gasteiger charge is 2.19. The molecule has 1 aromatic rings. The molecule has 1 aromatic carbocycles. The third kappa shape index (κ3) is 1.54. The first kappa shape index (κ1) is 10.1. The zero-order valence-electron chi connectivity index (χ0n) is 7.81. The van der Waals surface area contributed by atoms with Gasteiger partial charge >= 0.3 is 0 Å². The maximum absolute atomic E-state index is 10.5. The Bertz CT molecular complexity index is 365. The molecule has 0 aliphatic carbocycles. The van der Waals surface area contributed by atoms with E-state index in [1.54, 1.807) is 0 Å². The number of nitrogen functional groups attached to an aromatic ring is 1. The van der Waals surface area contributed by atoms with Crippen LogP contribution in [0.1, 0.15) is 0 Å². The lowest BCUT2D eigenvalue weighted by atomic mass is 10.2. The smallest absolute Gasteiger partial charge is 0.296 e. The van der Waals surface area contributed by atoms with Crippen molar-refractivity contribution >= 4 is 11.4 Å². The molecule has 76 valence electrons. The zero-order chi connectivity index (χ0) is 10.7. The van der Waals surface area contributed by atoms with Crippen LogP contribution in [-0.2, 0) is 0 Å². The molecule has 0 atom stereocenters. The molecular formula is C8H10N2O4. The summed E-state index contributed by atoms with van der Waals surface area (Å²) < 4.78 is 9.83. The number of rotatable bonds is 3. The molecule has 6 nitrogen and oxygen atoms in total. The Labute approximate surface area is 80.4 Å². The van der Waals surface area contributed by atoms with Crippen LogP contribution in [0.2, 0.25) is 0 Å². The second-order valence-corrected chi connectivity index (χ2v) is 2.49. The highest BCUT2D eigenvalue weighted by atomic mass is 16.6. The quantitative estimate of drug-likeness (QED) is 0.447. The summed E-state index contributed by atoms with van der Waals surface area (Å²) in [6.07, 6.45) is 0. The minimum Gasteiger partial charge on any atom is -0.493 e. The van der Waals surface area contributed by atoms with Gasteiger partial charge in [0.1, 0.15) is 0 Å². The van der Waals surface area contributed by atoms with Crippen molar-refractivity contribution in [3.63, 3.8) is 0 Å². The van der Waals surface area contributed by atoms with Gasteiger partial charge in [0.25, 0.3) is 5.69 Å². The largest absolute Gasteiger partial charge is 0.493 e. The SMILES string of the molecule is COc1ccc([N+](=O)[O-])c(N)c1OC. The molecule has 0 saturated carbocycles. The number of hydrogen-bond acceptors (Lipinski definition) is 5. The van der Waals surface area contributed by atoms with Gasteiger partial charge in [0.15, 0.2) is 17.2 Å². The molecule has 0 aliphatic heterocycles. The molecule has 2 N–H and O–H groups in total. The molecule has 0 radical (unpaired) electrons. The Morgan fingerprint density at radius 1 is 1.36 bits per heavy atom. The number of methoxy groups -OCH3 is 2. The Hall–Kier alpha value is -1.98. The molecular weight excluding hydrogens is 188 g/mol. The topological polar surface area (TPSA) is 87.6 Å². The summed E-state index contributed by atoms with van der Waals surface area (Å²) in [6, 6.07) is 2.71. The number of nitrogens with two attached hydrogens (primary N) is 1. The van der Waals surface area contributed by atoms with Crippen LogP contribution < -0.4 is 15.2 Å². The monoisotopic (exact) mass is 198 g/mol. The second kappa shape index (κ2) is 3.82. The summed E-state index contributed by atoms with van der Waals surface area (Å²) in [5, 5.41) is 10.5. The molecule has 0 fully saturated rings. The second-order valence-electron chi connectivity index (χ2n) is 2.49. The Morgan fingerprint density at radius 2 is 2.00 bits per heavy atom. The van der Waals surface area contributed by atoms with E-state index in [1.807, 2.05) is 0 Å².